The summed E-state index contributed by atoms with van der Waals surface area (Å²) in [5.41, 5.74) is 2.97. The molecule has 1 aromatic carbocycles. The molecule has 1 aromatic rings. The summed E-state index contributed by atoms with van der Waals surface area (Å²) in [4.78, 5) is 2.48. The van der Waals surface area contributed by atoms with Crippen molar-refractivity contribution in [3.8, 4) is 0 Å². The summed E-state index contributed by atoms with van der Waals surface area (Å²) in [6, 6.07) is 8.71. The van der Waals surface area contributed by atoms with Gasteiger partial charge in [0, 0.05) is 35.4 Å². The van der Waals surface area contributed by atoms with Gasteiger partial charge >= 0.3 is 0 Å². The third kappa shape index (κ3) is 3.65. The summed E-state index contributed by atoms with van der Waals surface area (Å²) in [5, 5.41) is 0. The van der Waals surface area contributed by atoms with Gasteiger partial charge in [0.25, 0.3) is 0 Å². The molecule has 0 N–H and O–H groups in total. The highest BCUT2D eigenvalue weighted by atomic mass is 32.2. The molecule has 0 aliphatic carbocycles. The van der Waals surface area contributed by atoms with Gasteiger partial charge in [-0.25, -0.2) is 0 Å². The van der Waals surface area contributed by atoms with Crippen molar-refractivity contribution in [3.05, 3.63) is 35.4 Å². The molecule has 0 saturated carbocycles. The number of rotatable bonds is 5. The summed E-state index contributed by atoms with van der Waals surface area (Å²) in [5.74, 6) is 1.65. The van der Waals surface area contributed by atoms with Crippen LogP contribution in [-0.4, -0.2) is 33.7 Å². The molecule has 1 aliphatic heterocycles. The van der Waals surface area contributed by atoms with Crippen molar-refractivity contribution in [3.63, 3.8) is 0 Å². The molecule has 0 unspecified atom stereocenters. The van der Waals surface area contributed by atoms with Gasteiger partial charge in [0.05, 0.1) is 0 Å². The van der Waals surface area contributed by atoms with Crippen molar-refractivity contribution in [2.45, 2.75) is 26.3 Å². The van der Waals surface area contributed by atoms with Gasteiger partial charge in [-0.15, -0.1) is 0 Å². The largest absolute Gasteiger partial charge is 0.299 e. The summed E-state index contributed by atoms with van der Waals surface area (Å²) >= 11 is 0. The molecule has 2 nitrogen and oxygen atoms in total. The Morgan fingerprint density at radius 1 is 1.29 bits per heavy atom. The van der Waals surface area contributed by atoms with Crippen LogP contribution in [0.5, 0.6) is 0 Å². The van der Waals surface area contributed by atoms with E-state index < -0.39 is 10.8 Å². The van der Waals surface area contributed by atoms with E-state index in [4.69, 9.17) is 0 Å². The first-order valence-corrected chi connectivity index (χ1v) is 7.92. The number of fused-ring (bicyclic) bond motifs is 1. The average Bonchev–Trinajstić information content (AvgIpc) is 2.38. The summed E-state index contributed by atoms with van der Waals surface area (Å²) in [6.07, 6.45) is 2.22. The van der Waals surface area contributed by atoms with Gasteiger partial charge in [-0.2, -0.15) is 0 Å². The van der Waals surface area contributed by atoms with Gasteiger partial charge < -0.3 is 0 Å². The highest BCUT2D eigenvalue weighted by Gasteiger charge is 2.14. The van der Waals surface area contributed by atoms with E-state index >= 15 is 0 Å². The molecule has 94 valence electrons. The molecule has 1 aliphatic rings. The lowest BCUT2D eigenvalue weighted by molar-refractivity contribution is 0.255. The van der Waals surface area contributed by atoms with Gasteiger partial charge in [0.2, 0.25) is 0 Å². The van der Waals surface area contributed by atoms with Gasteiger partial charge in [-0.3, -0.25) is 9.11 Å². The van der Waals surface area contributed by atoms with Crippen LogP contribution in [-0.2, 0) is 23.8 Å². The van der Waals surface area contributed by atoms with Crippen molar-refractivity contribution in [2.24, 2.45) is 0 Å². The predicted molar refractivity (Wildman–Crippen MR) is 73.6 cm³/mol. The Morgan fingerprint density at radius 3 is 2.82 bits per heavy atom. The van der Waals surface area contributed by atoms with Crippen molar-refractivity contribution < 1.29 is 4.21 Å². The molecule has 0 saturated heterocycles. The maximum Gasteiger partial charge on any atom is 0.0246 e. The number of hydrogen-bond donors (Lipinski definition) is 0. The monoisotopic (exact) mass is 251 g/mol. The van der Waals surface area contributed by atoms with E-state index in [1.54, 1.807) is 0 Å². The van der Waals surface area contributed by atoms with Crippen LogP contribution in [0.3, 0.4) is 0 Å². The lowest BCUT2D eigenvalue weighted by Crippen LogP contribution is -2.31. The second-order valence-electron chi connectivity index (χ2n) is 4.58. The molecule has 0 radical (unpaired) electrons. The second-order valence-corrected chi connectivity index (χ2v) is 6.45. The minimum Gasteiger partial charge on any atom is -0.299 e. The zero-order valence-electron chi connectivity index (χ0n) is 10.5. The fourth-order valence-corrected chi connectivity index (χ4v) is 3.08. The maximum atomic E-state index is 11.3. The van der Waals surface area contributed by atoms with Gasteiger partial charge in [0.1, 0.15) is 0 Å². The molecule has 1 atom stereocenters. The summed E-state index contributed by atoms with van der Waals surface area (Å²) in [6.45, 7) is 5.29. The molecule has 17 heavy (non-hydrogen) atoms. The Bertz CT molecular complexity index is 392. The highest BCUT2D eigenvalue weighted by molar-refractivity contribution is 7.84. The van der Waals surface area contributed by atoms with E-state index in [0.29, 0.717) is 0 Å². The van der Waals surface area contributed by atoms with E-state index in [1.807, 2.05) is 6.92 Å². The first-order chi connectivity index (χ1) is 8.29. The Morgan fingerprint density at radius 2 is 2.06 bits per heavy atom. The number of benzene rings is 1. The normalized spacial score (nSPS) is 17.7. The first-order valence-electron chi connectivity index (χ1n) is 6.43. The lowest BCUT2D eigenvalue weighted by atomic mass is 10.00. The van der Waals surface area contributed by atoms with E-state index in [2.05, 4.69) is 29.2 Å². The second kappa shape index (κ2) is 6.31. The van der Waals surface area contributed by atoms with E-state index in [1.165, 1.54) is 11.1 Å². The highest BCUT2D eigenvalue weighted by Crippen LogP contribution is 2.18. The molecule has 0 fully saturated rings. The maximum absolute atomic E-state index is 11.3. The smallest absolute Gasteiger partial charge is 0.0246 e. The third-order valence-corrected chi connectivity index (χ3v) is 4.77. The van der Waals surface area contributed by atoms with Crippen molar-refractivity contribution in [1.82, 2.24) is 4.90 Å². The van der Waals surface area contributed by atoms with Crippen LogP contribution in [0, 0.1) is 0 Å². The molecule has 2 rings (SSSR count). The Labute approximate surface area is 106 Å². The predicted octanol–water partition coefficient (Wildman–Crippen LogP) is 2.20. The van der Waals surface area contributed by atoms with Crippen molar-refractivity contribution in [2.75, 3.05) is 24.6 Å². The summed E-state index contributed by atoms with van der Waals surface area (Å²) < 4.78 is 11.3. The summed E-state index contributed by atoms with van der Waals surface area (Å²) in [7, 11) is -0.603. The number of nitrogens with zero attached hydrogens (tertiary/aromatic N) is 1. The third-order valence-electron chi connectivity index (χ3n) is 3.38. The average molecular weight is 251 g/mol. The lowest BCUT2D eigenvalue weighted by Gasteiger charge is -2.28. The minimum atomic E-state index is -0.603. The fraction of sp³-hybridized carbons (Fsp3) is 0.571. The quantitative estimate of drug-likeness (QED) is 0.799. The van der Waals surface area contributed by atoms with Gasteiger partial charge in [0.15, 0.2) is 0 Å². The standard InChI is InChI=1S/C14H21NOS/c1-2-17(16)11-5-9-15-10-8-13-6-3-4-7-14(13)12-15/h3-4,6-7H,2,5,8-12H2,1H3/t17-/m0/s1. The van der Waals surface area contributed by atoms with Crippen LogP contribution in [0.2, 0.25) is 0 Å². The Hall–Kier alpha value is -0.670. The van der Waals surface area contributed by atoms with Crippen LogP contribution in [0.4, 0.5) is 0 Å². The molecule has 0 amide bonds. The van der Waals surface area contributed by atoms with Crippen LogP contribution in [0.1, 0.15) is 24.5 Å². The van der Waals surface area contributed by atoms with Crippen LogP contribution in [0.15, 0.2) is 24.3 Å². The van der Waals surface area contributed by atoms with E-state index in [0.717, 1.165) is 44.0 Å². The molecular formula is C14H21NOS. The van der Waals surface area contributed by atoms with Crippen molar-refractivity contribution >= 4 is 10.8 Å². The zero-order chi connectivity index (χ0) is 12.1. The SMILES string of the molecule is CC[S@](=O)CCCN1CCc2ccccc2C1. The Balaban J connectivity index is 1.80. The minimum absolute atomic E-state index is 0.603. The van der Waals surface area contributed by atoms with Crippen LogP contribution >= 0.6 is 0 Å². The zero-order valence-corrected chi connectivity index (χ0v) is 11.3. The molecular weight excluding hydrogens is 230 g/mol. The molecule has 0 aromatic heterocycles. The molecule has 0 spiro atoms. The molecule has 1 heterocycles. The topological polar surface area (TPSA) is 20.3 Å². The fourth-order valence-electron chi connectivity index (χ4n) is 2.34. The number of hydrogen-bond acceptors (Lipinski definition) is 2. The van der Waals surface area contributed by atoms with Crippen molar-refractivity contribution in [1.29, 1.82) is 0 Å². The van der Waals surface area contributed by atoms with Gasteiger partial charge in [-0.1, -0.05) is 31.2 Å². The van der Waals surface area contributed by atoms with Crippen LogP contribution in [0.25, 0.3) is 0 Å². The van der Waals surface area contributed by atoms with E-state index in [9.17, 15) is 4.21 Å². The molecule has 3 heteroatoms. The molecule has 0 bridgehead atoms. The Kier molecular flexibility index (Phi) is 4.75. The first kappa shape index (κ1) is 12.8. The van der Waals surface area contributed by atoms with E-state index in [-0.39, 0.29) is 0 Å². The van der Waals surface area contributed by atoms with Crippen LogP contribution < -0.4 is 0 Å². The van der Waals surface area contributed by atoms with Gasteiger partial charge in [-0.05, 0) is 30.5 Å².